The normalized spacial score (nSPS) is 11.5. The van der Waals surface area contributed by atoms with E-state index in [1.807, 2.05) is 31.3 Å². The summed E-state index contributed by atoms with van der Waals surface area (Å²) >= 11 is 0. The number of aromatic nitrogens is 3. The number of aliphatic imine (C=N–C) groups is 1. The fourth-order valence-electron chi connectivity index (χ4n) is 1.87. The van der Waals surface area contributed by atoms with Gasteiger partial charge in [0.05, 0.1) is 13.2 Å². The van der Waals surface area contributed by atoms with Gasteiger partial charge >= 0.3 is 0 Å². The van der Waals surface area contributed by atoms with Crippen LogP contribution in [0.15, 0.2) is 41.8 Å². The monoisotopic (exact) mass is 302 g/mol. The van der Waals surface area contributed by atoms with E-state index in [1.54, 1.807) is 24.2 Å². The van der Waals surface area contributed by atoms with Crippen molar-refractivity contribution >= 4 is 5.96 Å². The van der Waals surface area contributed by atoms with Gasteiger partial charge in [0.25, 0.3) is 0 Å². The van der Waals surface area contributed by atoms with Crippen LogP contribution in [0.1, 0.15) is 12.5 Å². The second kappa shape index (κ2) is 8.78. The first-order valence-electron chi connectivity index (χ1n) is 7.29. The van der Waals surface area contributed by atoms with Crippen molar-refractivity contribution in [3.05, 3.63) is 42.4 Å². The van der Waals surface area contributed by atoms with Gasteiger partial charge in [-0.15, -0.1) is 0 Å². The van der Waals surface area contributed by atoms with Crippen LogP contribution in [-0.4, -0.2) is 47.5 Å². The highest BCUT2D eigenvalue weighted by Crippen LogP contribution is 2.07. The Labute approximate surface area is 130 Å². The van der Waals surface area contributed by atoms with Gasteiger partial charge in [0.15, 0.2) is 11.8 Å². The van der Waals surface area contributed by atoms with Crippen LogP contribution in [-0.2, 0) is 11.3 Å². The summed E-state index contributed by atoms with van der Waals surface area (Å²) in [6.07, 6.45) is 5.37. The van der Waals surface area contributed by atoms with Crippen molar-refractivity contribution in [2.24, 2.45) is 4.99 Å². The first-order chi connectivity index (χ1) is 10.8. The van der Waals surface area contributed by atoms with Gasteiger partial charge in [0.1, 0.15) is 0 Å². The largest absolute Gasteiger partial charge is 0.383 e. The second-order valence-corrected chi connectivity index (χ2v) is 4.59. The lowest BCUT2D eigenvalue weighted by atomic mass is 10.2. The summed E-state index contributed by atoms with van der Waals surface area (Å²) in [6, 6.07) is 5.81. The number of pyridine rings is 1. The van der Waals surface area contributed by atoms with Gasteiger partial charge in [0, 0.05) is 38.8 Å². The summed E-state index contributed by atoms with van der Waals surface area (Å²) in [5.74, 6) is 1.56. The fourth-order valence-corrected chi connectivity index (χ4v) is 1.87. The summed E-state index contributed by atoms with van der Waals surface area (Å²) in [4.78, 5) is 8.87. The van der Waals surface area contributed by atoms with E-state index in [4.69, 9.17) is 4.74 Å². The molecular formula is C15H22N6O. The average molecular weight is 302 g/mol. The number of hydrogen-bond donors (Lipinski definition) is 2. The summed E-state index contributed by atoms with van der Waals surface area (Å²) in [5, 5.41) is 10.6. The van der Waals surface area contributed by atoms with E-state index in [0.29, 0.717) is 13.2 Å². The van der Waals surface area contributed by atoms with Crippen LogP contribution in [0.4, 0.5) is 0 Å². The molecule has 0 radical (unpaired) electrons. The summed E-state index contributed by atoms with van der Waals surface area (Å²) in [7, 11) is 1.68. The van der Waals surface area contributed by atoms with Gasteiger partial charge in [-0.05, 0) is 30.7 Å². The number of hydrogen-bond acceptors (Lipinski definition) is 4. The smallest absolute Gasteiger partial charge is 0.191 e. The van der Waals surface area contributed by atoms with E-state index in [9.17, 15) is 0 Å². The maximum atomic E-state index is 5.03. The topological polar surface area (TPSA) is 76.4 Å². The Morgan fingerprint density at radius 1 is 1.36 bits per heavy atom. The molecule has 7 nitrogen and oxygen atoms in total. The number of ether oxygens (including phenoxy) is 1. The number of rotatable bonds is 7. The van der Waals surface area contributed by atoms with Gasteiger partial charge in [0.2, 0.25) is 0 Å². The van der Waals surface area contributed by atoms with Crippen molar-refractivity contribution in [3.63, 3.8) is 0 Å². The third kappa shape index (κ3) is 4.85. The molecule has 0 unspecified atom stereocenters. The van der Waals surface area contributed by atoms with Crippen LogP contribution < -0.4 is 10.6 Å². The third-order valence-electron chi connectivity index (χ3n) is 2.91. The highest BCUT2D eigenvalue weighted by Gasteiger charge is 2.01. The Morgan fingerprint density at radius 3 is 3.00 bits per heavy atom. The first-order valence-corrected chi connectivity index (χ1v) is 7.29. The lowest BCUT2D eigenvalue weighted by molar-refractivity contribution is 0.203. The first kappa shape index (κ1) is 16.0. The predicted molar refractivity (Wildman–Crippen MR) is 86.1 cm³/mol. The van der Waals surface area contributed by atoms with Crippen LogP contribution in [0, 0.1) is 0 Å². The van der Waals surface area contributed by atoms with E-state index in [0.717, 1.165) is 30.4 Å². The SMILES string of the molecule is CCNC(=NCc1ccnc(-n2cccn2)c1)NCCOC. The number of nitrogens with zero attached hydrogens (tertiary/aromatic N) is 4. The van der Waals surface area contributed by atoms with Crippen molar-refractivity contribution in [2.75, 3.05) is 26.8 Å². The van der Waals surface area contributed by atoms with E-state index in [1.165, 1.54) is 0 Å². The molecule has 2 N–H and O–H groups in total. The molecule has 0 saturated carbocycles. The highest BCUT2D eigenvalue weighted by molar-refractivity contribution is 5.79. The van der Waals surface area contributed by atoms with E-state index < -0.39 is 0 Å². The number of methoxy groups -OCH3 is 1. The quantitative estimate of drug-likeness (QED) is 0.453. The molecule has 2 rings (SSSR count). The number of guanidine groups is 1. The maximum absolute atomic E-state index is 5.03. The minimum Gasteiger partial charge on any atom is -0.383 e. The molecule has 0 spiro atoms. The summed E-state index contributed by atoms with van der Waals surface area (Å²) < 4.78 is 6.76. The van der Waals surface area contributed by atoms with Crippen molar-refractivity contribution in [1.29, 1.82) is 0 Å². The van der Waals surface area contributed by atoms with Crippen LogP contribution in [0.25, 0.3) is 5.82 Å². The predicted octanol–water partition coefficient (Wildman–Crippen LogP) is 0.969. The second-order valence-electron chi connectivity index (χ2n) is 4.59. The molecular weight excluding hydrogens is 280 g/mol. The van der Waals surface area contributed by atoms with E-state index >= 15 is 0 Å². The Balaban J connectivity index is 2.01. The molecule has 0 aromatic carbocycles. The lowest BCUT2D eigenvalue weighted by Crippen LogP contribution is -2.38. The maximum Gasteiger partial charge on any atom is 0.191 e. The molecule has 0 saturated heterocycles. The molecule has 0 aliphatic rings. The highest BCUT2D eigenvalue weighted by atomic mass is 16.5. The molecule has 2 aromatic heterocycles. The third-order valence-corrected chi connectivity index (χ3v) is 2.91. The molecule has 7 heteroatoms. The lowest BCUT2D eigenvalue weighted by Gasteiger charge is -2.11. The standard InChI is InChI=1S/C15H22N6O/c1-3-16-15(18-8-10-22-2)19-12-13-5-7-17-14(11-13)21-9-4-6-20-21/h4-7,9,11H,3,8,10,12H2,1-2H3,(H2,16,18,19). The summed E-state index contributed by atoms with van der Waals surface area (Å²) in [5.41, 5.74) is 1.07. The Bertz CT molecular complexity index is 581. The van der Waals surface area contributed by atoms with Gasteiger partial charge < -0.3 is 15.4 Å². The Morgan fingerprint density at radius 2 is 2.27 bits per heavy atom. The molecule has 0 fully saturated rings. The van der Waals surface area contributed by atoms with Gasteiger partial charge in [-0.1, -0.05) is 0 Å². The molecule has 0 atom stereocenters. The molecule has 0 aliphatic heterocycles. The van der Waals surface area contributed by atoms with Crippen molar-refractivity contribution in [2.45, 2.75) is 13.5 Å². The Kier molecular flexibility index (Phi) is 6.38. The van der Waals surface area contributed by atoms with Crippen molar-refractivity contribution in [1.82, 2.24) is 25.4 Å². The fraction of sp³-hybridized carbons (Fsp3) is 0.400. The van der Waals surface area contributed by atoms with E-state index in [-0.39, 0.29) is 0 Å². The zero-order chi connectivity index (χ0) is 15.6. The van der Waals surface area contributed by atoms with Crippen LogP contribution >= 0.6 is 0 Å². The molecule has 0 amide bonds. The minimum atomic E-state index is 0.569. The summed E-state index contributed by atoms with van der Waals surface area (Å²) in [6.45, 7) is 4.78. The van der Waals surface area contributed by atoms with Crippen LogP contribution in [0.5, 0.6) is 0 Å². The minimum absolute atomic E-state index is 0.569. The average Bonchev–Trinajstić information content (AvgIpc) is 3.07. The van der Waals surface area contributed by atoms with Gasteiger partial charge in [-0.2, -0.15) is 5.10 Å². The van der Waals surface area contributed by atoms with Crippen molar-refractivity contribution < 1.29 is 4.74 Å². The van der Waals surface area contributed by atoms with Crippen LogP contribution in [0.2, 0.25) is 0 Å². The molecule has 0 bridgehead atoms. The Hall–Kier alpha value is -2.41. The van der Waals surface area contributed by atoms with Crippen molar-refractivity contribution in [3.8, 4) is 5.82 Å². The van der Waals surface area contributed by atoms with E-state index in [2.05, 4.69) is 25.7 Å². The van der Waals surface area contributed by atoms with Gasteiger partial charge in [-0.25, -0.2) is 14.7 Å². The molecule has 0 aliphatic carbocycles. The molecule has 22 heavy (non-hydrogen) atoms. The zero-order valence-electron chi connectivity index (χ0n) is 13.0. The molecule has 2 aromatic rings. The van der Waals surface area contributed by atoms with Crippen LogP contribution in [0.3, 0.4) is 0 Å². The molecule has 118 valence electrons. The zero-order valence-corrected chi connectivity index (χ0v) is 13.0. The van der Waals surface area contributed by atoms with Gasteiger partial charge in [-0.3, -0.25) is 0 Å². The number of nitrogens with one attached hydrogen (secondary N) is 2. The molecule has 2 heterocycles.